The topological polar surface area (TPSA) is 80.6 Å². The lowest BCUT2D eigenvalue weighted by Crippen LogP contribution is -2.46. The molecule has 2 aromatic carbocycles. The molecule has 0 aliphatic heterocycles. The smallest absolute Gasteiger partial charge is 0.288 e. The maximum atomic E-state index is 13.0. The molecule has 0 aliphatic carbocycles. The third-order valence-corrected chi connectivity index (χ3v) is 4.02. The Labute approximate surface area is 157 Å². The highest BCUT2D eigenvalue weighted by atomic mass is 16.5. The van der Waals surface area contributed by atoms with Crippen LogP contribution in [0.4, 0.5) is 5.69 Å². The van der Waals surface area contributed by atoms with E-state index in [1.165, 1.54) is 12.3 Å². The van der Waals surface area contributed by atoms with Crippen LogP contribution in [-0.4, -0.2) is 25.0 Å². The second-order valence-corrected chi connectivity index (χ2v) is 5.99. The fraction of sp³-hybridized carbons (Fsp3) is 0.143. The van der Waals surface area contributed by atoms with Crippen molar-refractivity contribution in [2.75, 3.05) is 12.4 Å². The van der Waals surface area contributed by atoms with E-state index in [1.54, 1.807) is 49.6 Å². The highest BCUT2D eigenvalue weighted by Crippen LogP contribution is 2.17. The van der Waals surface area contributed by atoms with Crippen LogP contribution in [0.3, 0.4) is 0 Å². The molecule has 0 radical (unpaired) electrons. The second-order valence-electron chi connectivity index (χ2n) is 5.99. The maximum Gasteiger partial charge on any atom is 0.288 e. The van der Waals surface area contributed by atoms with Crippen LogP contribution in [-0.2, 0) is 0 Å². The van der Waals surface area contributed by atoms with Gasteiger partial charge in [-0.2, -0.15) is 0 Å². The van der Waals surface area contributed by atoms with Crippen molar-refractivity contribution >= 4 is 17.4 Å². The first-order valence-corrected chi connectivity index (χ1v) is 8.42. The summed E-state index contributed by atoms with van der Waals surface area (Å²) >= 11 is 0. The molecule has 6 heteroatoms. The van der Waals surface area contributed by atoms with Gasteiger partial charge in [-0.15, -0.1) is 0 Å². The molecule has 1 amide bonds. The van der Waals surface area contributed by atoms with Gasteiger partial charge in [-0.1, -0.05) is 29.8 Å². The average Bonchev–Trinajstić information content (AvgIpc) is 3.23. The van der Waals surface area contributed by atoms with Crippen molar-refractivity contribution in [1.29, 1.82) is 0 Å². The molecule has 0 aliphatic rings. The van der Waals surface area contributed by atoms with Gasteiger partial charge in [0.25, 0.3) is 5.91 Å². The number of rotatable bonds is 7. The summed E-state index contributed by atoms with van der Waals surface area (Å²) in [5.74, 6) is 0.0898. The molecule has 0 saturated heterocycles. The average molecular weight is 364 g/mol. The molecule has 0 spiro atoms. The van der Waals surface area contributed by atoms with E-state index in [0.29, 0.717) is 17.0 Å². The number of ketones is 1. The summed E-state index contributed by atoms with van der Waals surface area (Å²) < 4.78 is 10.2. The van der Waals surface area contributed by atoms with E-state index in [4.69, 9.17) is 9.15 Å². The summed E-state index contributed by atoms with van der Waals surface area (Å²) in [6.07, 6.45) is 0.446. The number of hydrogen-bond acceptors (Lipinski definition) is 5. The Balaban J connectivity index is 1.83. The monoisotopic (exact) mass is 364 g/mol. The van der Waals surface area contributed by atoms with Crippen LogP contribution in [0.5, 0.6) is 5.75 Å². The number of carbonyl (C=O) groups is 2. The van der Waals surface area contributed by atoms with Gasteiger partial charge in [-0.25, -0.2) is 0 Å². The van der Waals surface area contributed by atoms with Crippen molar-refractivity contribution in [3.05, 3.63) is 83.8 Å². The first kappa shape index (κ1) is 18.3. The Morgan fingerprint density at radius 1 is 1.00 bits per heavy atom. The first-order valence-electron chi connectivity index (χ1n) is 8.42. The summed E-state index contributed by atoms with van der Waals surface area (Å²) in [7, 11) is 1.58. The predicted octanol–water partition coefficient (Wildman–Crippen LogP) is 3.65. The molecule has 2 N–H and O–H groups in total. The number of anilines is 1. The van der Waals surface area contributed by atoms with Crippen LogP contribution in [0.1, 0.15) is 26.5 Å². The van der Waals surface area contributed by atoms with Gasteiger partial charge in [-0.3, -0.25) is 9.59 Å². The van der Waals surface area contributed by atoms with E-state index < -0.39 is 12.1 Å². The molecule has 0 unspecified atom stereocenters. The van der Waals surface area contributed by atoms with Gasteiger partial charge in [0.15, 0.2) is 11.9 Å². The molecule has 1 aromatic heterocycles. The molecule has 1 atom stereocenters. The summed E-state index contributed by atoms with van der Waals surface area (Å²) in [6, 6.07) is 17.4. The summed E-state index contributed by atoms with van der Waals surface area (Å²) in [5, 5.41) is 5.74. The van der Waals surface area contributed by atoms with Gasteiger partial charge >= 0.3 is 0 Å². The van der Waals surface area contributed by atoms with E-state index in [-0.39, 0.29) is 11.5 Å². The lowest BCUT2D eigenvalue weighted by molar-refractivity contribution is 0.0853. The SMILES string of the molecule is COc1ccc(N[C@H](NC(=O)c2ccco2)C(=O)c2ccc(C)cc2)cc1. The normalized spacial score (nSPS) is 11.5. The Kier molecular flexibility index (Phi) is 5.56. The van der Waals surface area contributed by atoms with Gasteiger partial charge in [-0.05, 0) is 43.3 Å². The molecule has 3 rings (SSSR count). The van der Waals surface area contributed by atoms with Crippen molar-refractivity contribution in [1.82, 2.24) is 5.32 Å². The summed E-state index contributed by atoms with van der Waals surface area (Å²) in [4.78, 5) is 25.3. The van der Waals surface area contributed by atoms with Crippen LogP contribution in [0.25, 0.3) is 0 Å². The zero-order valence-corrected chi connectivity index (χ0v) is 15.1. The van der Waals surface area contributed by atoms with Gasteiger partial charge < -0.3 is 19.8 Å². The Morgan fingerprint density at radius 3 is 2.30 bits per heavy atom. The van der Waals surface area contributed by atoms with Gasteiger partial charge in [0.1, 0.15) is 5.75 Å². The van der Waals surface area contributed by atoms with E-state index in [2.05, 4.69) is 10.6 Å². The number of hydrogen-bond donors (Lipinski definition) is 2. The molecule has 1 heterocycles. The Hall–Kier alpha value is -3.54. The summed E-state index contributed by atoms with van der Waals surface area (Å²) in [6.45, 7) is 1.94. The zero-order chi connectivity index (χ0) is 19.2. The third kappa shape index (κ3) is 4.55. The van der Waals surface area contributed by atoms with Crippen LogP contribution >= 0.6 is 0 Å². The maximum absolute atomic E-state index is 13.0. The molecular formula is C21H20N2O4. The van der Waals surface area contributed by atoms with Crippen molar-refractivity contribution < 1.29 is 18.7 Å². The highest BCUT2D eigenvalue weighted by Gasteiger charge is 2.23. The third-order valence-electron chi connectivity index (χ3n) is 4.02. The Bertz CT molecular complexity index is 900. The quantitative estimate of drug-likeness (QED) is 0.494. The molecular weight excluding hydrogens is 344 g/mol. The summed E-state index contributed by atoms with van der Waals surface area (Å²) in [5.41, 5.74) is 2.21. The molecule has 0 bridgehead atoms. The number of aryl methyl sites for hydroxylation is 1. The molecule has 6 nitrogen and oxygen atoms in total. The number of benzene rings is 2. The number of amides is 1. The van der Waals surface area contributed by atoms with Crippen LogP contribution in [0.15, 0.2) is 71.3 Å². The van der Waals surface area contributed by atoms with Gasteiger partial charge in [0.05, 0.1) is 13.4 Å². The van der Waals surface area contributed by atoms with Crippen molar-refractivity contribution in [3.8, 4) is 5.75 Å². The molecule has 3 aromatic rings. The fourth-order valence-corrected chi connectivity index (χ4v) is 2.52. The molecule has 27 heavy (non-hydrogen) atoms. The van der Waals surface area contributed by atoms with E-state index in [9.17, 15) is 9.59 Å². The number of nitrogens with one attached hydrogen (secondary N) is 2. The first-order chi connectivity index (χ1) is 13.1. The number of Topliss-reactive ketones (excluding diaryl/α,β-unsaturated/α-hetero) is 1. The highest BCUT2D eigenvalue weighted by molar-refractivity contribution is 6.04. The van der Waals surface area contributed by atoms with Gasteiger partial charge in [0.2, 0.25) is 5.78 Å². The minimum Gasteiger partial charge on any atom is -0.497 e. The minimum absolute atomic E-state index is 0.133. The van der Waals surface area contributed by atoms with Crippen LogP contribution in [0, 0.1) is 6.92 Å². The second kappa shape index (κ2) is 8.23. The van der Waals surface area contributed by atoms with Gasteiger partial charge in [0, 0.05) is 11.3 Å². The Morgan fingerprint density at radius 2 is 1.70 bits per heavy atom. The minimum atomic E-state index is -0.960. The number of ether oxygens (including phenoxy) is 1. The number of methoxy groups -OCH3 is 1. The zero-order valence-electron chi connectivity index (χ0n) is 15.1. The molecule has 138 valence electrons. The lowest BCUT2D eigenvalue weighted by Gasteiger charge is -2.20. The molecule has 0 saturated carbocycles. The lowest BCUT2D eigenvalue weighted by atomic mass is 10.1. The largest absolute Gasteiger partial charge is 0.497 e. The van der Waals surface area contributed by atoms with Crippen molar-refractivity contribution in [2.45, 2.75) is 13.1 Å². The van der Waals surface area contributed by atoms with Crippen LogP contribution in [0.2, 0.25) is 0 Å². The number of furan rings is 1. The molecule has 0 fully saturated rings. The van der Waals surface area contributed by atoms with Crippen molar-refractivity contribution in [2.24, 2.45) is 0 Å². The number of carbonyl (C=O) groups excluding carboxylic acids is 2. The predicted molar refractivity (Wildman–Crippen MR) is 102 cm³/mol. The van der Waals surface area contributed by atoms with Crippen LogP contribution < -0.4 is 15.4 Å². The standard InChI is InChI=1S/C21H20N2O4/c1-14-5-7-15(8-6-14)19(24)20(23-21(25)18-4-3-13-27-18)22-16-9-11-17(26-2)12-10-16/h3-13,20,22H,1-2H3,(H,23,25)/t20-/m1/s1. The van der Waals surface area contributed by atoms with E-state index >= 15 is 0 Å². The fourth-order valence-electron chi connectivity index (χ4n) is 2.52. The van der Waals surface area contributed by atoms with E-state index in [1.807, 2.05) is 19.1 Å². The van der Waals surface area contributed by atoms with E-state index in [0.717, 1.165) is 5.56 Å². The van der Waals surface area contributed by atoms with Crippen molar-refractivity contribution in [3.63, 3.8) is 0 Å².